The third-order valence-electron chi connectivity index (χ3n) is 3.91. The summed E-state index contributed by atoms with van der Waals surface area (Å²) >= 11 is 0. The molecule has 0 saturated heterocycles. The van der Waals surface area contributed by atoms with Gasteiger partial charge in [0, 0.05) is 16.9 Å². The minimum absolute atomic E-state index is 0.0453. The molecule has 0 amide bonds. The summed E-state index contributed by atoms with van der Waals surface area (Å²) in [4.78, 5) is 19.4. The maximum absolute atomic E-state index is 12.7. The highest BCUT2D eigenvalue weighted by Gasteiger charge is 2.29. The third-order valence-corrected chi connectivity index (χ3v) is 3.91. The molecule has 9 heteroatoms. The minimum atomic E-state index is -4.40. The predicted molar refractivity (Wildman–Crippen MR) is 101 cm³/mol. The van der Waals surface area contributed by atoms with Crippen molar-refractivity contribution in [1.82, 2.24) is 9.97 Å². The van der Waals surface area contributed by atoms with E-state index in [1.54, 1.807) is 24.3 Å². The van der Waals surface area contributed by atoms with Gasteiger partial charge in [0.2, 0.25) is 0 Å². The van der Waals surface area contributed by atoms with Crippen molar-refractivity contribution in [2.24, 2.45) is 0 Å². The van der Waals surface area contributed by atoms with Gasteiger partial charge in [0.05, 0.1) is 5.56 Å². The zero-order valence-corrected chi connectivity index (χ0v) is 14.7. The summed E-state index contributed by atoms with van der Waals surface area (Å²) in [5.74, 6) is 0.522. The molecule has 1 heterocycles. The van der Waals surface area contributed by atoms with Crippen LogP contribution in [0.15, 0.2) is 54.9 Å². The Bertz CT molecular complexity index is 986. The highest BCUT2D eigenvalue weighted by Crippen LogP contribution is 2.32. The minimum Gasteiger partial charge on any atom is -0.393 e. The van der Waals surface area contributed by atoms with Gasteiger partial charge in [0.25, 0.3) is 0 Å². The number of Topliss-reactive ketones (excluding diaryl/α,β-unsaturated/α-hetero) is 1. The van der Waals surface area contributed by atoms with Gasteiger partial charge in [-0.15, -0.1) is 0 Å². The van der Waals surface area contributed by atoms with E-state index >= 15 is 0 Å². The van der Waals surface area contributed by atoms with Crippen molar-refractivity contribution >= 4 is 34.5 Å². The average Bonchev–Trinajstić information content (AvgIpc) is 2.65. The lowest BCUT2D eigenvalue weighted by Gasteiger charge is -2.13. The largest absolute Gasteiger partial charge is 0.416 e. The number of nitrogens with zero attached hydrogens (tertiary/aromatic N) is 2. The Labute approximate surface area is 158 Å². The molecule has 0 bridgehead atoms. The number of carbonyl (C=O) groups is 1. The van der Waals surface area contributed by atoms with E-state index in [0.29, 0.717) is 22.8 Å². The van der Waals surface area contributed by atoms with Crippen molar-refractivity contribution in [1.29, 1.82) is 0 Å². The topological polar surface area (TPSA) is 92.9 Å². The normalized spacial score (nSPS) is 11.1. The van der Waals surface area contributed by atoms with Crippen LogP contribution in [-0.2, 0) is 6.18 Å². The van der Waals surface area contributed by atoms with Crippen molar-refractivity contribution in [2.45, 2.75) is 13.1 Å². The highest BCUT2D eigenvalue weighted by molar-refractivity contribution is 5.94. The number of ketones is 1. The van der Waals surface area contributed by atoms with Crippen molar-refractivity contribution in [3.63, 3.8) is 0 Å². The number of hydrogen-bond donors (Lipinski definition) is 3. The standard InChI is InChI=1S/C19H16F3N5O/c1-11(28)12-2-6-14(7-3-12)26-17-16(23)18(25-10-24-17)27-15-8-4-13(5-9-15)19(20,21)22/h2-10H,23H2,1H3,(H2,24,25,26,27). The molecule has 0 spiro atoms. The molecule has 0 atom stereocenters. The molecular weight excluding hydrogens is 371 g/mol. The van der Waals surface area contributed by atoms with Crippen LogP contribution in [0.4, 0.5) is 41.9 Å². The lowest BCUT2D eigenvalue weighted by atomic mass is 10.1. The molecule has 0 aliphatic heterocycles. The van der Waals surface area contributed by atoms with Crippen LogP contribution in [0, 0.1) is 0 Å². The molecular formula is C19H16F3N5O. The lowest BCUT2D eigenvalue weighted by molar-refractivity contribution is -0.137. The molecule has 0 aliphatic rings. The summed E-state index contributed by atoms with van der Waals surface area (Å²) in [6.07, 6.45) is -3.13. The Morgan fingerprint density at radius 2 is 1.36 bits per heavy atom. The van der Waals surface area contributed by atoms with Gasteiger partial charge < -0.3 is 16.4 Å². The maximum Gasteiger partial charge on any atom is 0.416 e. The molecule has 0 fully saturated rings. The van der Waals surface area contributed by atoms with Gasteiger partial charge in [-0.3, -0.25) is 4.79 Å². The number of rotatable bonds is 5. The fraction of sp³-hybridized carbons (Fsp3) is 0.105. The molecule has 3 rings (SSSR count). The second-order valence-electron chi connectivity index (χ2n) is 5.94. The Morgan fingerprint density at radius 1 is 0.893 bits per heavy atom. The SMILES string of the molecule is CC(=O)c1ccc(Nc2ncnc(Nc3ccc(C(F)(F)F)cc3)c2N)cc1. The van der Waals surface area contributed by atoms with Crippen LogP contribution >= 0.6 is 0 Å². The van der Waals surface area contributed by atoms with Crippen LogP contribution in [0.1, 0.15) is 22.8 Å². The molecule has 0 saturated carbocycles. The van der Waals surface area contributed by atoms with E-state index in [-0.39, 0.29) is 17.3 Å². The van der Waals surface area contributed by atoms with Crippen LogP contribution in [0.5, 0.6) is 0 Å². The molecule has 0 unspecified atom stereocenters. The molecule has 6 nitrogen and oxygen atoms in total. The molecule has 3 aromatic rings. The smallest absolute Gasteiger partial charge is 0.393 e. The van der Waals surface area contributed by atoms with Gasteiger partial charge in [-0.2, -0.15) is 13.2 Å². The van der Waals surface area contributed by atoms with Crippen molar-refractivity contribution < 1.29 is 18.0 Å². The van der Waals surface area contributed by atoms with E-state index in [1.807, 2.05) is 0 Å². The van der Waals surface area contributed by atoms with Crippen molar-refractivity contribution in [2.75, 3.05) is 16.4 Å². The molecule has 0 aliphatic carbocycles. The summed E-state index contributed by atoms with van der Waals surface area (Å²) < 4.78 is 38.0. The van der Waals surface area contributed by atoms with Gasteiger partial charge in [-0.25, -0.2) is 9.97 Å². The third kappa shape index (κ3) is 4.37. The van der Waals surface area contributed by atoms with Gasteiger partial charge in [0.1, 0.15) is 12.0 Å². The van der Waals surface area contributed by atoms with E-state index in [2.05, 4.69) is 20.6 Å². The number of aromatic nitrogens is 2. The Balaban J connectivity index is 1.78. The van der Waals surface area contributed by atoms with Crippen LogP contribution in [0.2, 0.25) is 0 Å². The molecule has 2 aromatic carbocycles. The maximum atomic E-state index is 12.7. The molecule has 144 valence electrons. The first-order chi connectivity index (χ1) is 13.2. The first-order valence-electron chi connectivity index (χ1n) is 8.17. The highest BCUT2D eigenvalue weighted by atomic mass is 19.4. The number of halogens is 3. The number of nitrogens with one attached hydrogen (secondary N) is 2. The molecule has 0 radical (unpaired) electrons. The van der Waals surface area contributed by atoms with Gasteiger partial charge in [-0.1, -0.05) is 0 Å². The van der Waals surface area contributed by atoms with Gasteiger partial charge in [0.15, 0.2) is 17.4 Å². The summed E-state index contributed by atoms with van der Waals surface area (Å²) in [7, 11) is 0. The summed E-state index contributed by atoms with van der Waals surface area (Å²) in [6, 6.07) is 11.3. The van der Waals surface area contributed by atoms with Crippen molar-refractivity contribution in [3.8, 4) is 0 Å². The van der Waals surface area contributed by atoms with E-state index in [9.17, 15) is 18.0 Å². The quantitative estimate of drug-likeness (QED) is 0.546. The summed E-state index contributed by atoms with van der Waals surface area (Å²) in [5, 5.41) is 5.89. The van der Waals surface area contributed by atoms with E-state index < -0.39 is 11.7 Å². The first-order valence-corrected chi connectivity index (χ1v) is 8.17. The van der Waals surface area contributed by atoms with Crippen LogP contribution in [0.25, 0.3) is 0 Å². The molecule has 4 N–H and O–H groups in total. The summed E-state index contributed by atoms with van der Waals surface area (Å²) in [5.41, 5.74) is 7.16. The second kappa shape index (κ2) is 7.55. The zero-order chi connectivity index (χ0) is 20.3. The number of benzene rings is 2. The predicted octanol–water partition coefficient (Wildman–Crippen LogP) is 4.77. The first kappa shape index (κ1) is 19.2. The Morgan fingerprint density at radius 3 is 1.79 bits per heavy atom. The van der Waals surface area contributed by atoms with Gasteiger partial charge >= 0.3 is 6.18 Å². The van der Waals surface area contributed by atoms with E-state index in [0.717, 1.165) is 12.1 Å². The van der Waals surface area contributed by atoms with Crippen LogP contribution in [0.3, 0.4) is 0 Å². The number of hydrogen-bond acceptors (Lipinski definition) is 6. The van der Waals surface area contributed by atoms with Gasteiger partial charge in [-0.05, 0) is 55.5 Å². The summed E-state index contributed by atoms with van der Waals surface area (Å²) in [6.45, 7) is 1.48. The Kier molecular flexibility index (Phi) is 5.16. The number of carbonyl (C=O) groups excluding carboxylic acids is 1. The molecule has 28 heavy (non-hydrogen) atoms. The number of nitrogens with two attached hydrogens (primary N) is 1. The van der Waals surface area contributed by atoms with Crippen LogP contribution < -0.4 is 16.4 Å². The number of alkyl halides is 3. The van der Waals surface area contributed by atoms with E-state index in [4.69, 9.17) is 5.73 Å². The average molecular weight is 387 g/mol. The second-order valence-corrected chi connectivity index (χ2v) is 5.94. The van der Waals surface area contributed by atoms with E-state index in [1.165, 1.54) is 25.4 Å². The number of nitrogen functional groups attached to an aromatic ring is 1. The van der Waals surface area contributed by atoms with Crippen molar-refractivity contribution in [3.05, 3.63) is 66.0 Å². The molecule has 1 aromatic heterocycles. The van der Waals surface area contributed by atoms with Crippen LogP contribution in [-0.4, -0.2) is 15.8 Å². The fourth-order valence-electron chi connectivity index (χ4n) is 2.40. The Hall–Kier alpha value is -3.62. The number of anilines is 5. The lowest BCUT2D eigenvalue weighted by Crippen LogP contribution is -2.06. The fourth-order valence-corrected chi connectivity index (χ4v) is 2.40. The monoisotopic (exact) mass is 387 g/mol. The zero-order valence-electron chi connectivity index (χ0n) is 14.7.